The van der Waals surface area contributed by atoms with Crippen molar-refractivity contribution in [3.8, 4) is 0 Å². The molecule has 0 aliphatic carbocycles. The summed E-state index contributed by atoms with van der Waals surface area (Å²) in [7, 11) is 0. The van der Waals surface area contributed by atoms with Crippen molar-refractivity contribution < 1.29 is 0 Å². The molecule has 88 valence electrons. The summed E-state index contributed by atoms with van der Waals surface area (Å²) in [5, 5.41) is 0. The Labute approximate surface area is 102 Å². The Morgan fingerprint density at radius 2 is 2.12 bits per heavy atom. The summed E-state index contributed by atoms with van der Waals surface area (Å²) in [6.45, 7) is 1.98. The zero-order chi connectivity index (χ0) is 12.1. The lowest BCUT2D eigenvalue weighted by Crippen LogP contribution is -2.11. The molecule has 0 amide bonds. The van der Waals surface area contributed by atoms with Crippen LogP contribution in [0, 0.1) is 6.92 Å². The van der Waals surface area contributed by atoms with E-state index in [-0.39, 0.29) is 6.04 Å². The number of nitrogens with zero attached hydrogens (tertiary/aromatic N) is 2. The molecule has 0 saturated heterocycles. The van der Waals surface area contributed by atoms with Gasteiger partial charge in [0.1, 0.15) is 0 Å². The molecule has 0 saturated carbocycles. The largest absolute Gasteiger partial charge is 0.324 e. The molecule has 0 aliphatic heterocycles. The fraction of sp³-hybridized carbons (Fsp3) is 0.286. The van der Waals surface area contributed by atoms with E-state index < -0.39 is 0 Å². The van der Waals surface area contributed by atoms with Gasteiger partial charge in [0.25, 0.3) is 0 Å². The third-order valence-electron chi connectivity index (χ3n) is 2.83. The SMILES string of the molecule is Cc1ccc(C(N)CCc2cccnc2)cn1. The number of nitrogens with two attached hydrogens (primary N) is 1. The minimum Gasteiger partial charge on any atom is -0.324 e. The molecule has 1 unspecified atom stereocenters. The van der Waals surface area contributed by atoms with Crippen LogP contribution in [0.25, 0.3) is 0 Å². The van der Waals surface area contributed by atoms with Crippen LogP contribution in [-0.4, -0.2) is 9.97 Å². The quantitative estimate of drug-likeness (QED) is 0.872. The van der Waals surface area contributed by atoms with E-state index in [1.807, 2.05) is 31.5 Å². The second-order valence-corrected chi connectivity index (χ2v) is 4.24. The van der Waals surface area contributed by atoms with Crippen LogP contribution in [0.1, 0.15) is 29.3 Å². The first-order valence-electron chi connectivity index (χ1n) is 5.83. The zero-order valence-electron chi connectivity index (χ0n) is 10.0. The summed E-state index contributed by atoms with van der Waals surface area (Å²) in [5.41, 5.74) is 9.48. The van der Waals surface area contributed by atoms with Crippen LogP contribution in [0.15, 0.2) is 42.9 Å². The van der Waals surface area contributed by atoms with Gasteiger partial charge in [-0.1, -0.05) is 12.1 Å². The molecule has 0 aliphatic rings. The highest BCUT2D eigenvalue weighted by molar-refractivity contribution is 5.17. The van der Waals surface area contributed by atoms with Crippen molar-refractivity contribution in [3.05, 3.63) is 59.7 Å². The second-order valence-electron chi connectivity index (χ2n) is 4.24. The first-order chi connectivity index (χ1) is 8.25. The molecule has 0 aromatic carbocycles. The van der Waals surface area contributed by atoms with Gasteiger partial charge in [0.05, 0.1) is 0 Å². The lowest BCUT2D eigenvalue weighted by atomic mass is 10.0. The minimum atomic E-state index is 0.0447. The summed E-state index contributed by atoms with van der Waals surface area (Å²) in [5.74, 6) is 0. The maximum Gasteiger partial charge on any atom is 0.0372 e. The number of pyridine rings is 2. The minimum absolute atomic E-state index is 0.0447. The van der Waals surface area contributed by atoms with Crippen LogP contribution in [0.5, 0.6) is 0 Å². The van der Waals surface area contributed by atoms with E-state index in [1.165, 1.54) is 5.56 Å². The Morgan fingerprint density at radius 1 is 1.24 bits per heavy atom. The molecule has 2 aromatic rings. The van der Waals surface area contributed by atoms with E-state index in [2.05, 4.69) is 22.1 Å². The fourth-order valence-electron chi connectivity index (χ4n) is 1.73. The van der Waals surface area contributed by atoms with Crippen LogP contribution >= 0.6 is 0 Å². The fourth-order valence-corrected chi connectivity index (χ4v) is 1.73. The highest BCUT2D eigenvalue weighted by Gasteiger charge is 2.06. The van der Waals surface area contributed by atoms with Crippen LogP contribution in [-0.2, 0) is 6.42 Å². The van der Waals surface area contributed by atoms with Crippen molar-refractivity contribution in [2.75, 3.05) is 0 Å². The molecule has 0 spiro atoms. The lowest BCUT2D eigenvalue weighted by molar-refractivity contribution is 0.647. The first kappa shape index (κ1) is 11.7. The smallest absolute Gasteiger partial charge is 0.0372 e. The second kappa shape index (κ2) is 5.55. The summed E-state index contributed by atoms with van der Waals surface area (Å²) >= 11 is 0. The van der Waals surface area contributed by atoms with Crippen LogP contribution in [0.3, 0.4) is 0 Å². The molecule has 17 heavy (non-hydrogen) atoms. The molecule has 0 bridgehead atoms. The highest BCUT2D eigenvalue weighted by Crippen LogP contribution is 2.15. The van der Waals surface area contributed by atoms with Gasteiger partial charge in [-0.3, -0.25) is 9.97 Å². The lowest BCUT2D eigenvalue weighted by Gasteiger charge is -2.11. The van der Waals surface area contributed by atoms with Crippen LogP contribution in [0.2, 0.25) is 0 Å². The van der Waals surface area contributed by atoms with Crippen LogP contribution < -0.4 is 5.73 Å². The van der Waals surface area contributed by atoms with E-state index in [0.717, 1.165) is 24.1 Å². The van der Waals surface area contributed by atoms with Gasteiger partial charge in [-0.25, -0.2) is 0 Å². The Bertz CT molecular complexity index is 451. The van der Waals surface area contributed by atoms with Gasteiger partial charge in [0, 0.05) is 30.3 Å². The molecule has 3 nitrogen and oxygen atoms in total. The molecule has 0 radical (unpaired) electrons. The molecular weight excluding hydrogens is 210 g/mol. The maximum absolute atomic E-state index is 6.13. The van der Waals surface area contributed by atoms with Gasteiger partial charge in [-0.2, -0.15) is 0 Å². The summed E-state index contributed by atoms with van der Waals surface area (Å²) in [6, 6.07) is 8.12. The van der Waals surface area contributed by atoms with Crippen LogP contribution in [0.4, 0.5) is 0 Å². The van der Waals surface area contributed by atoms with Crippen molar-refractivity contribution in [2.24, 2.45) is 5.73 Å². The Morgan fingerprint density at radius 3 is 2.76 bits per heavy atom. The Hall–Kier alpha value is -1.74. The predicted molar refractivity (Wildman–Crippen MR) is 68.5 cm³/mol. The number of aromatic nitrogens is 2. The van der Waals surface area contributed by atoms with E-state index in [9.17, 15) is 0 Å². The molecule has 3 heteroatoms. The van der Waals surface area contributed by atoms with Crippen molar-refractivity contribution in [2.45, 2.75) is 25.8 Å². The number of hydrogen-bond donors (Lipinski definition) is 1. The number of rotatable bonds is 4. The monoisotopic (exact) mass is 227 g/mol. The highest BCUT2D eigenvalue weighted by atomic mass is 14.7. The van der Waals surface area contributed by atoms with Gasteiger partial charge in [0.15, 0.2) is 0 Å². The summed E-state index contributed by atoms with van der Waals surface area (Å²) in [4.78, 5) is 8.36. The summed E-state index contributed by atoms with van der Waals surface area (Å²) < 4.78 is 0. The van der Waals surface area contributed by atoms with E-state index in [4.69, 9.17) is 5.73 Å². The van der Waals surface area contributed by atoms with Crippen molar-refractivity contribution in [1.29, 1.82) is 0 Å². The normalized spacial score (nSPS) is 12.4. The van der Waals surface area contributed by atoms with E-state index in [1.54, 1.807) is 6.20 Å². The Kier molecular flexibility index (Phi) is 3.83. The van der Waals surface area contributed by atoms with Gasteiger partial charge in [-0.15, -0.1) is 0 Å². The molecule has 0 fully saturated rings. The number of hydrogen-bond acceptors (Lipinski definition) is 3. The topological polar surface area (TPSA) is 51.8 Å². The summed E-state index contributed by atoms with van der Waals surface area (Å²) in [6.07, 6.45) is 7.40. The van der Waals surface area contributed by atoms with Gasteiger partial charge >= 0.3 is 0 Å². The molecule has 2 N–H and O–H groups in total. The third kappa shape index (κ3) is 3.36. The van der Waals surface area contributed by atoms with Crippen molar-refractivity contribution >= 4 is 0 Å². The number of aryl methyl sites for hydroxylation is 2. The average molecular weight is 227 g/mol. The standard InChI is InChI=1S/C14H17N3/c1-11-4-6-13(10-17-11)14(15)7-5-12-3-2-8-16-9-12/h2-4,6,8-10,14H,5,7,15H2,1H3. The van der Waals surface area contributed by atoms with Gasteiger partial charge < -0.3 is 5.73 Å². The van der Waals surface area contributed by atoms with Crippen molar-refractivity contribution in [1.82, 2.24) is 9.97 Å². The molecule has 2 rings (SSSR count). The van der Waals surface area contributed by atoms with Crippen molar-refractivity contribution in [3.63, 3.8) is 0 Å². The molecular formula is C14H17N3. The first-order valence-corrected chi connectivity index (χ1v) is 5.83. The zero-order valence-corrected chi connectivity index (χ0v) is 10.0. The maximum atomic E-state index is 6.13. The molecule has 2 aromatic heterocycles. The average Bonchev–Trinajstić information content (AvgIpc) is 2.38. The van der Waals surface area contributed by atoms with E-state index >= 15 is 0 Å². The Balaban J connectivity index is 1.93. The molecule has 2 heterocycles. The van der Waals surface area contributed by atoms with Gasteiger partial charge in [0.2, 0.25) is 0 Å². The molecule has 1 atom stereocenters. The third-order valence-corrected chi connectivity index (χ3v) is 2.83. The predicted octanol–water partition coefficient (Wildman–Crippen LogP) is 2.42. The van der Waals surface area contributed by atoms with E-state index in [0.29, 0.717) is 0 Å². The van der Waals surface area contributed by atoms with Gasteiger partial charge in [-0.05, 0) is 43.0 Å².